The maximum absolute atomic E-state index is 13.7. The van der Waals surface area contributed by atoms with Gasteiger partial charge in [-0.25, -0.2) is 4.98 Å². The van der Waals surface area contributed by atoms with Crippen LogP contribution in [0.25, 0.3) is 16.6 Å². The van der Waals surface area contributed by atoms with E-state index in [1.807, 2.05) is 35.2 Å². The highest BCUT2D eigenvalue weighted by molar-refractivity contribution is 6.30. The molecule has 1 atom stereocenters. The van der Waals surface area contributed by atoms with E-state index in [0.29, 0.717) is 46.3 Å². The van der Waals surface area contributed by atoms with E-state index >= 15 is 0 Å². The maximum Gasteiger partial charge on any atom is 0.266 e. The van der Waals surface area contributed by atoms with Gasteiger partial charge in [0.05, 0.1) is 22.6 Å². The Morgan fingerprint density at radius 1 is 1.15 bits per heavy atom. The van der Waals surface area contributed by atoms with Crippen LogP contribution in [-0.2, 0) is 4.79 Å². The maximum atomic E-state index is 13.7. The summed E-state index contributed by atoms with van der Waals surface area (Å²) in [5, 5.41) is 1.10. The summed E-state index contributed by atoms with van der Waals surface area (Å²) in [6.07, 6.45) is 4.75. The molecule has 1 amide bonds. The number of hydrogen-bond acceptors (Lipinski definition) is 3. The number of fused-ring (bicyclic) bond motifs is 1. The van der Waals surface area contributed by atoms with Gasteiger partial charge < -0.3 is 4.90 Å². The number of carbonyl (C=O) groups is 1. The molecule has 0 radical (unpaired) electrons. The van der Waals surface area contributed by atoms with E-state index in [1.54, 1.807) is 22.8 Å². The average Bonchev–Trinajstić information content (AvgIpc) is 3.33. The first kappa shape index (κ1) is 23.5. The Bertz CT molecular complexity index is 1200. The summed E-state index contributed by atoms with van der Waals surface area (Å²) >= 11 is 6.30. The first-order valence-electron chi connectivity index (χ1n) is 12.0. The lowest BCUT2D eigenvalue weighted by Gasteiger charge is -2.35. The number of nitrogens with zero attached hydrogens (tertiary/aromatic N) is 3. The predicted octanol–water partition coefficient (Wildman–Crippen LogP) is 6.17. The van der Waals surface area contributed by atoms with Gasteiger partial charge in [-0.05, 0) is 55.5 Å². The van der Waals surface area contributed by atoms with E-state index in [-0.39, 0.29) is 23.4 Å². The molecular formula is C27H32ClN3O2. The van der Waals surface area contributed by atoms with Crippen LogP contribution in [0.4, 0.5) is 0 Å². The minimum Gasteiger partial charge on any atom is -0.332 e. The number of aromatic nitrogens is 2. The molecule has 4 rings (SSSR count). The van der Waals surface area contributed by atoms with Crippen LogP contribution in [0.5, 0.6) is 0 Å². The van der Waals surface area contributed by atoms with Gasteiger partial charge in [0.15, 0.2) is 0 Å². The van der Waals surface area contributed by atoms with Crippen LogP contribution in [-0.4, -0.2) is 26.9 Å². The molecule has 0 aliphatic heterocycles. The van der Waals surface area contributed by atoms with Crippen molar-refractivity contribution in [1.29, 1.82) is 0 Å². The summed E-state index contributed by atoms with van der Waals surface area (Å²) in [5.41, 5.74) is 1.16. The third-order valence-electron chi connectivity index (χ3n) is 6.48. The molecule has 0 N–H and O–H groups in total. The number of halogens is 1. The zero-order valence-corrected chi connectivity index (χ0v) is 20.4. The highest BCUT2D eigenvalue weighted by Crippen LogP contribution is 2.33. The summed E-state index contributed by atoms with van der Waals surface area (Å²) in [7, 11) is 0. The summed E-state index contributed by atoms with van der Waals surface area (Å²) in [5.74, 6) is 1.14. The molecule has 1 aliphatic rings. The number of amides is 1. The molecule has 1 fully saturated rings. The Kier molecular flexibility index (Phi) is 7.18. The molecule has 5 nitrogen and oxygen atoms in total. The number of hydrogen-bond donors (Lipinski definition) is 0. The van der Waals surface area contributed by atoms with Gasteiger partial charge in [-0.2, -0.15) is 0 Å². The fourth-order valence-corrected chi connectivity index (χ4v) is 5.14. The van der Waals surface area contributed by atoms with E-state index < -0.39 is 0 Å². The quantitative estimate of drug-likeness (QED) is 0.419. The number of rotatable bonds is 7. The van der Waals surface area contributed by atoms with Crippen molar-refractivity contribution in [3.63, 3.8) is 0 Å². The van der Waals surface area contributed by atoms with Gasteiger partial charge in [0.1, 0.15) is 5.82 Å². The monoisotopic (exact) mass is 465 g/mol. The van der Waals surface area contributed by atoms with Crippen molar-refractivity contribution in [2.45, 2.75) is 58.9 Å². The Morgan fingerprint density at radius 2 is 1.88 bits per heavy atom. The van der Waals surface area contributed by atoms with E-state index in [1.165, 1.54) is 0 Å². The van der Waals surface area contributed by atoms with Crippen molar-refractivity contribution in [3.05, 3.63) is 69.7 Å². The first-order chi connectivity index (χ1) is 15.9. The lowest BCUT2D eigenvalue weighted by Crippen LogP contribution is -2.42. The molecule has 3 aromatic rings. The van der Waals surface area contributed by atoms with Crippen molar-refractivity contribution >= 4 is 28.4 Å². The van der Waals surface area contributed by atoms with Crippen LogP contribution in [0.1, 0.15) is 64.7 Å². The predicted molar refractivity (Wildman–Crippen MR) is 134 cm³/mol. The van der Waals surface area contributed by atoms with Gasteiger partial charge in [0, 0.05) is 17.5 Å². The molecule has 0 saturated heterocycles. The smallest absolute Gasteiger partial charge is 0.266 e. The van der Waals surface area contributed by atoms with E-state index in [9.17, 15) is 9.59 Å². The number of carbonyl (C=O) groups excluding carboxylic acids is 1. The molecule has 6 heteroatoms. The van der Waals surface area contributed by atoms with Crippen LogP contribution in [0.15, 0.2) is 53.3 Å². The molecule has 1 unspecified atom stereocenters. The SMILES string of the molecule is CCC(c1nc2ccccc2c(=O)n1-c1cccc(Cl)c1)N(CC(C)C)C(=O)C1CCCC1. The molecule has 1 saturated carbocycles. The molecule has 2 aromatic carbocycles. The van der Waals surface area contributed by atoms with E-state index in [2.05, 4.69) is 20.8 Å². The topological polar surface area (TPSA) is 55.2 Å². The lowest BCUT2D eigenvalue weighted by atomic mass is 10.0. The van der Waals surface area contributed by atoms with Crippen molar-refractivity contribution in [2.75, 3.05) is 6.54 Å². The molecule has 174 valence electrons. The molecule has 1 heterocycles. The lowest BCUT2D eigenvalue weighted by molar-refractivity contribution is -0.139. The van der Waals surface area contributed by atoms with Crippen molar-refractivity contribution in [2.24, 2.45) is 11.8 Å². The second-order valence-corrected chi connectivity index (χ2v) is 9.83. The summed E-state index contributed by atoms with van der Waals surface area (Å²) in [6.45, 7) is 6.94. The molecule has 1 aliphatic carbocycles. The second kappa shape index (κ2) is 10.1. The summed E-state index contributed by atoms with van der Waals surface area (Å²) in [4.78, 5) is 34.4. The Labute approximate surface area is 200 Å². The molecule has 1 aromatic heterocycles. The van der Waals surface area contributed by atoms with Crippen molar-refractivity contribution < 1.29 is 4.79 Å². The highest BCUT2D eigenvalue weighted by atomic mass is 35.5. The largest absolute Gasteiger partial charge is 0.332 e. The van der Waals surface area contributed by atoms with Crippen molar-refractivity contribution in [3.8, 4) is 5.69 Å². The first-order valence-corrected chi connectivity index (χ1v) is 12.4. The van der Waals surface area contributed by atoms with E-state index in [4.69, 9.17) is 16.6 Å². The van der Waals surface area contributed by atoms with Gasteiger partial charge in [-0.1, -0.05) is 63.4 Å². The zero-order valence-electron chi connectivity index (χ0n) is 19.6. The minimum absolute atomic E-state index is 0.0598. The third kappa shape index (κ3) is 4.84. The summed E-state index contributed by atoms with van der Waals surface area (Å²) < 4.78 is 1.65. The number of para-hydroxylation sites is 1. The molecule has 33 heavy (non-hydrogen) atoms. The fraction of sp³-hybridized carbons (Fsp3) is 0.444. The van der Waals surface area contributed by atoms with Gasteiger partial charge in [-0.15, -0.1) is 0 Å². The molecule has 0 spiro atoms. The van der Waals surface area contributed by atoms with Crippen molar-refractivity contribution in [1.82, 2.24) is 14.5 Å². The van der Waals surface area contributed by atoms with Crippen LogP contribution < -0.4 is 5.56 Å². The molecular weight excluding hydrogens is 434 g/mol. The van der Waals surface area contributed by atoms with Crippen LogP contribution in [0.2, 0.25) is 5.02 Å². The van der Waals surface area contributed by atoms with Gasteiger partial charge >= 0.3 is 0 Å². The average molecular weight is 466 g/mol. The third-order valence-corrected chi connectivity index (χ3v) is 6.71. The van der Waals surface area contributed by atoms with Gasteiger partial charge in [0.25, 0.3) is 5.56 Å². The van der Waals surface area contributed by atoms with Gasteiger partial charge in [-0.3, -0.25) is 14.2 Å². The fourth-order valence-electron chi connectivity index (χ4n) is 4.95. The zero-order chi connectivity index (χ0) is 23.5. The molecule has 0 bridgehead atoms. The Balaban J connectivity index is 1.93. The standard InChI is InChI=1S/C27H32ClN3O2/c1-4-24(30(17-18(2)3)26(32)19-10-5-6-11-19)25-29-23-15-8-7-14-22(23)27(33)31(25)21-13-9-12-20(28)16-21/h7-9,12-16,18-19,24H,4-6,10-11,17H2,1-3H3. The minimum atomic E-state index is -0.309. The second-order valence-electron chi connectivity index (χ2n) is 9.40. The van der Waals surface area contributed by atoms with Gasteiger partial charge in [0.2, 0.25) is 5.91 Å². The van der Waals surface area contributed by atoms with E-state index in [0.717, 1.165) is 25.7 Å². The van der Waals surface area contributed by atoms with Crippen LogP contribution >= 0.6 is 11.6 Å². The highest BCUT2D eigenvalue weighted by Gasteiger charge is 2.34. The normalized spacial score (nSPS) is 15.3. The Hall–Kier alpha value is -2.66. The summed E-state index contributed by atoms with van der Waals surface area (Å²) in [6, 6.07) is 14.4. The van der Waals surface area contributed by atoms with Crippen LogP contribution in [0.3, 0.4) is 0 Å². The van der Waals surface area contributed by atoms with Crippen LogP contribution in [0, 0.1) is 11.8 Å². The Morgan fingerprint density at radius 3 is 2.55 bits per heavy atom. The number of benzene rings is 2.